The van der Waals surface area contributed by atoms with Crippen LogP contribution < -0.4 is 4.90 Å². The first kappa shape index (κ1) is 8.96. The van der Waals surface area contributed by atoms with Gasteiger partial charge in [-0.25, -0.2) is 0 Å². The number of aliphatic imine (C=N–C) groups is 1. The fourth-order valence-electron chi connectivity index (χ4n) is 2.69. The van der Waals surface area contributed by atoms with Crippen molar-refractivity contribution in [3.8, 4) is 0 Å². The molecule has 1 saturated carbocycles. The first-order valence-corrected chi connectivity index (χ1v) is 5.82. The van der Waals surface area contributed by atoms with E-state index >= 15 is 0 Å². The van der Waals surface area contributed by atoms with Crippen LogP contribution in [0.4, 0.5) is 5.69 Å². The quantitative estimate of drug-likeness (QED) is 0.680. The third kappa shape index (κ3) is 1.54. The molecule has 15 heavy (non-hydrogen) atoms. The van der Waals surface area contributed by atoms with Crippen LogP contribution >= 0.6 is 0 Å². The number of para-hydroxylation sites is 1. The highest BCUT2D eigenvalue weighted by atomic mass is 15.3. The molecule has 2 unspecified atom stereocenters. The van der Waals surface area contributed by atoms with E-state index in [9.17, 15) is 0 Å². The first-order chi connectivity index (χ1) is 7.45. The predicted octanol–water partition coefficient (Wildman–Crippen LogP) is 2.85. The van der Waals surface area contributed by atoms with Crippen molar-refractivity contribution in [3.63, 3.8) is 0 Å². The van der Waals surface area contributed by atoms with Crippen LogP contribution in [0.5, 0.6) is 0 Å². The lowest BCUT2D eigenvalue weighted by Gasteiger charge is -2.31. The van der Waals surface area contributed by atoms with Gasteiger partial charge >= 0.3 is 0 Å². The number of hydrogen-bond donors (Lipinski definition) is 0. The summed E-state index contributed by atoms with van der Waals surface area (Å²) in [6.45, 7) is 0. The molecule has 3 rings (SSSR count). The molecule has 0 bridgehead atoms. The van der Waals surface area contributed by atoms with Gasteiger partial charge in [-0.1, -0.05) is 31.0 Å². The van der Waals surface area contributed by atoms with Crippen LogP contribution in [0.2, 0.25) is 0 Å². The molecule has 1 aliphatic carbocycles. The molecule has 1 aromatic carbocycles. The van der Waals surface area contributed by atoms with Crippen molar-refractivity contribution in [1.82, 2.24) is 0 Å². The minimum absolute atomic E-state index is 0.555. The topological polar surface area (TPSA) is 15.6 Å². The largest absolute Gasteiger partial charge is 0.328 e. The van der Waals surface area contributed by atoms with E-state index in [1.807, 2.05) is 6.34 Å². The maximum atomic E-state index is 4.62. The van der Waals surface area contributed by atoms with Crippen LogP contribution in [0.25, 0.3) is 0 Å². The Balaban J connectivity index is 1.86. The van der Waals surface area contributed by atoms with Crippen LogP contribution in [0.1, 0.15) is 25.7 Å². The Labute approximate surface area is 90.6 Å². The van der Waals surface area contributed by atoms with Crippen molar-refractivity contribution in [2.24, 2.45) is 4.99 Å². The van der Waals surface area contributed by atoms with Gasteiger partial charge in [0.15, 0.2) is 0 Å². The van der Waals surface area contributed by atoms with Crippen molar-refractivity contribution in [2.75, 3.05) is 4.90 Å². The second-order valence-corrected chi connectivity index (χ2v) is 4.43. The minimum Gasteiger partial charge on any atom is -0.328 e. The Kier molecular flexibility index (Phi) is 2.20. The second kappa shape index (κ2) is 3.69. The fraction of sp³-hybridized carbons (Fsp3) is 0.462. The molecule has 1 aliphatic heterocycles. The molecule has 0 saturated heterocycles. The van der Waals surface area contributed by atoms with E-state index in [1.165, 1.54) is 31.4 Å². The highest BCUT2D eigenvalue weighted by Crippen LogP contribution is 2.31. The lowest BCUT2D eigenvalue weighted by Crippen LogP contribution is -2.38. The Morgan fingerprint density at radius 2 is 1.87 bits per heavy atom. The monoisotopic (exact) mass is 200 g/mol. The van der Waals surface area contributed by atoms with Gasteiger partial charge in [-0.05, 0) is 25.0 Å². The first-order valence-electron chi connectivity index (χ1n) is 5.82. The van der Waals surface area contributed by atoms with Gasteiger partial charge in [-0.15, -0.1) is 0 Å². The molecule has 78 valence electrons. The number of hydrogen-bond acceptors (Lipinski definition) is 2. The van der Waals surface area contributed by atoms with Gasteiger partial charge in [0.05, 0.1) is 18.4 Å². The Bertz CT molecular complexity index is 358. The van der Waals surface area contributed by atoms with Gasteiger partial charge in [-0.2, -0.15) is 0 Å². The van der Waals surface area contributed by atoms with Gasteiger partial charge in [0, 0.05) is 5.69 Å². The molecule has 0 aromatic heterocycles. The van der Waals surface area contributed by atoms with Crippen LogP contribution in [0.15, 0.2) is 35.3 Å². The standard InChI is InChI=1S/C13H16N2/c1-2-6-11(7-3-1)15-10-14-12-8-4-5-9-13(12)15/h1-3,6-7,10,12-13H,4-5,8-9H2. The van der Waals surface area contributed by atoms with Crippen molar-refractivity contribution >= 4 is 12.0 Å². The maximum absolute atomic E-state index is 4.62. The van der Waals surface area contributed by atoms with Crippen molar-refractivity contribution < 1.29 is 0 Å². The SMILES string of the molecule is C1=NC2CCCCC2N1c1ccccc1. The summed E-state index contributed by atoms with van der Waals surface area (Å²) in [5, 5.41) is 0. The lowest BCUT2D eigenvalue weighted by atomic mass is 9.90. The summed E-state index contributed by atoms with van der Waals surface area (Å²) < 4.78 is 0. The number of fused-ring (bicyclic) bond motifs is 1. The van der Waals surface area contributed by atoms with E-state index in [0.29, 0.717) is 12.1 Å². The average Bonchev–Trinajstić information content (AvgIpc) is 2.74. The van der Waals surface area contributed by atoms with Crippen LogP contribution in [0, 0.1) is 0 Å². The molecule has 0 amide bonds. The Hall–Kier alpha value is -1.31. The molecule has 1 heterocycles. The van der Waals surface area contributed by atoms with Gasteiger partial charge < -0.3 is 4.90 Å². The van der Waals surface area contributed by atoms with Crippen LogP contribution in [-0.2, 0) is 0 Å². The summed E-state index contributed by atoms with van der Waals surface area (Å²) in [5.74, 6) is 0. The maximum Gasteiger partial charge on any atom is 0.0902 e. The zero-order chi connectivity index (χ0) is 10.1. The van der Waals surface area contributed by atoms with Crippen LogP contribution in [-0.4, -0.2) is 18.4 Å². The van der Waals surface area contributed by atoms with E-state index in [2.05, 4.69) is 40.2 Å². The summed E-state index contributed by atoms with van der Waals surface area (Å²) in [6, 6.07) is 11.8. The molecule has 0 spiro atoms. The second-order valence-electron chi connectivity index (χ2n) is 4.43. The minimum atomic E-state index is 0.555. The molecule has 1 aromatic rings. The zero-order valence-corrected chi connectivity index (χ0v) is 8.84. The Morgan fingerprint density at radius 3 is 2.73 bits per heavy atom. The molecule has 2 heteroatoms. The summed E-state index contributed by atoms with van der Waals surface area (Å²) in [5.41, 5.74) is 1.29. The van der Waals surface area contributed by atoms with Crippen LogP contribution in [0.3, 0.4) is 0 Å². The number of anilines is 1. The van der Waals surface area contributed by atoms with Crippen molar-refractivity contribution in [2.45, 2.75) is 37.8 Å². The molecule has 2 atom stereocenters. The normalized spacial score (nSPS) is 29.2. The highest BCUT2D eigenvalue weighted by Gasteiger charge is 2.33. The van der Waals surface area contributed by atoms with Crippen molar-refractivity contribution in [1.29, 1.82) is 0 Å². The average molecular weight is 200 g/mol. The van der Waals surface area contributed by atoms with E-state index < -0.39 is 0 Å². The van der Waals surface area contributed by atoms with E-state index in [-0.39, 0.29) is 0 Å². The number of benzene rings is 1. The van der Waals surface area contributed by atoms with E-state index in [4.69, 9.17) is 0 Å². The van der Waals surface area contributed by atoms with Gasteiger partial charge in [0.1, 0.15) is 0 Å². The smallest absolute Gasteiger partial charge is 0.0902 e. The van der Waals surface area contributed by atoms with E-state index in [1.54, 1.807) is 0 Å². The highest BCUT2D eigenvalue weighted by molar-refractivity contribution is 5.82. The molecule has 0 radical (unpaired) electrons. The summed E-state index contributed by atoms with van der Waals surface area (Å²) in [6.07, 6.45) is 7.30. The summed E-state index contributed by atoms with van der Waals surface area (Å²) in [7, 11) is 0. The summed E-state index contributed by atoms with van der Waals surface area (Å²) >= 11 is 0. The Morgan fingerprint density at radius 1 is 1.07 bits per heavy atom. The third-order valence-corrected chi connectivity index (χ3v) is 3.49. The molecule has 0 N–H and O–H groups in total. The van der Waals surface area contributed by atoms with E-state index in [0.717, 1.165) is 0 Å². The van der Waals surface area contributed by atoms with Gasteiger partial charge in [0.2, 0.25) is 0 Å². The molecular formula is C13H16N2. The predicted molar refractivity (Wildman–Crippen MR) is 63.5 cm³/mol. The fourth-order valence-corrected chi connectivity index (χ4v) is 2.69. The molecular weight excluding hydrogens is 184 g/mol. The molecule has 1 fully saturated rings. The summed E-state index contributed by atoms with van der Waals surface area (Å²) in [4.78, 5) is 6.97. The molecule has 2 aliphatic rings. The number of rotatable bonds is 1. The number of nitrogens with zero attached hydrogens (tertiary/aromatic N) is 2. The zero-order valence-electron chi connectivity index (χ0n) is 8.84. The van der Waals surface area contributed by atoms with Gasteiger partial charge in [-0.3, -0.25) is 4.99 Å². The lowest BCUT2D eigenvalue weighted by molar-refractivity contribution is 0.405. The van der Waals surface area contributed by atoms with Crippen molar-refractivity contribution in [3.05, 3.63) is 30.3 Å². The van der Waals surface area contributed by atoms with Gasteiger partial charge in [0.25, 0.3) is 0 Å². The molecule has 2 nitrogen and oxygen atoms in total. The third-order valence-electron chi connectivity index (χ3n) is 3.49.